The third-order valence-corrected chi connectivity index (χ3v) is 5.13. The van der Waals surface area contributed by atoms with Gasteiger partial charge in [-0.05, 0) is 35.9 Å². The first kappa shape index (κ1) is 19.9. The van der Waals surface area contributed by atoms with E-state index >= 15 is 4.39 Å². The van der Waals surface area contributed by atoms with E-state index < -0.39 is 23.3 Å². The number of carbonyl (C=O) groups is 1. The Morgan fingerprint density at radius 2 is 1.90 bits per heavy atom. The van der Waals surface area contributed by atoms with Gasteiger partial charge in [-0.15, -0.1) is 0 Å². The maximum atomic E-state index is 15.5. The molecule has 2 N–H and O–H groups in total. The van der Waals surface area contributed by atoms with Gasteiger partial charge in [-0.2, -0.15) is 27.9 Å². The number of nitrogens with zero attached hydrogens (tertiary/aromatic N) is 4. The van der Waals surface area contributed by atoms with Crippen molar-refractivity contribution in [3.63, 3.8) is 0 Å². The van der Waals surface area contributed by atoms with Crippen molar-refractivity contribution in [2.24, 2.45) is 0 Å². The molecule has 2 aromatic carbocycles. The summed E-state index contributed by atoms with van der Waals surface area (Å²) in [7, 11) is 0. The van der Waals surface area contributed by atoms with Crippen LogP contribution in [0.5, 0.6) is 0 Å². The van der Waals surface area contributed by atoms with Gasteiger partial charge in [0.25, 0.3) is 5.91 Å². The number of nitrogen functional groups attached to an aromatic ring is 1. The molecule has 0 saturated carbocycles. The van der Waals surface area contributed by atoms with E-state index in [1.165, 1.54) is 28.0 Å². The number of aromatic nitrogens is 3. The molecule has 1 atom stereocenters. The van der Waals surface area contributed by atoms with Gasteiger partial charge in [-0.3, -0.25) is 4.79 Å². The number of hydrogen-bond acceptors (Lipinski definition) is 4. The lowest BCUT2D eigenvalue weighted by molar-refractivity contribution is -0.137. The lowest BCUT2D eigenvalue weighted by Crippen LogP contribution is -2.32. The van der Waals surface area contributed by atoms with Gasteiger partial charge in [-0.25, -0.2) is 4.39 Å². The summed E-state index contributed by atoms with van der Waals surface area (Å²) >= 11 is 0. The first-order chi connectivity index (χ1) is 14.2. The van der Waals surface area contributed by atoms with Crippen LogP contribution in [0.2, 0.25) is 0 Å². The number of carbonyl (C=O) groups excluding carboxylic acids is 1. The molecule has 2 heterocycles. The van der Waals surface area contributed by atoms with Crippen LogP contribution in [0.15, 0.2) is 54.9 Å². The summed E-state index contributed by atoms with van der Waals surface area (Å²) in [5.74, 6) is -0.282. The molecule has 1 aromatic heterocycles. The highest BCUT2D eigenvalue weighted by Gasteiger charge is 2.43. The van der Waals surface area contributed by atoms with Gasteiger partial charge in [0.05, 0.1) is 17.8 Å². The number of benzene rings is 2. The molecular formula is C20H17F4N5O. The first-order valence-corrected chi connectivity index (χ1v) is 9.09. The van der Waals surface area contributed by atoms with Gasteiger partial charge in [0, 0.05) is 18.5 Å². The molecule has 0 radical (unpaired) electrons. The molecule has 3 aromatic rings. The third-order valence-electron chi connectivity index (χ3n) is 5.13. The summed E-state index contributed by atoms with van der Waals surface area (Å²) in [5.41, 5.74) is 3.48. The van der Waals surface area contributed by atoms with E-state index in [9.17, 15) is 18.0 Å². The minimum Gasteiger partial charge on any atom is -0.368 e. The fraction of sp³-hybridized carbons (Fsp3) is 0.250. The topological polar surface area (TPSA) is 77.0 Å². The maximum absolute atomic E-state index is 15.5. The van der Waals surface area contributed by atoms with Gasteiger partial charge in [0.15, 0.2) is 5.67 Å². The predicted molar refractivity (Wildman–Crippen MR) is 101 cm³/mol. The summed E-state index contributed by atoms with van der Waals surface area (Å²) < 4.78 is 55.8. The van der Waals surface area contributed by atoms with E-state index in [0.717, 1.165) is 12.1 Å². The normalized spacial score (nSPS) is 19.3. The Hall–Kier alpha value is -3.43. The quantitative estimate of drug-likeness (QED) is 0.659. The zero-order valence-corrected chi connectivity index (χ0v) is 15.6. The van der Waals surface area contributed by atoms with Crippen LogP contribution < -0.4 is 5.73 Å². The minimum atomic E-state index is -4.57. The highest BCUT2D eigenvalue weighted by atomic mass is 19.4. The molecule has 1 aliphatic heterocycles. The molecule has 4 rings (SSSR count). The Morgan fingerprint density at radius 1 is 1.13 bits per heavy atom. The predicted octanol–water partition coefficient (Wildman–Crippen LogP) is 3.58. The van der Waals surface area contributed by atoms with E-state index in [4.69, 9.17) is 5.73 Å². The van der Waals surface area contributed by atoms with Crippen molar-refractivity contribution >= 4 is 11.9 Å². The Morgan fingerprint density at radius 3 is 2.60 bits per heavy atom. The molecular weight excluding hydrogens is 402 g/mol. The van der Waals surface area contributed by atoms with Gasteiger partial charge in [-0.1, -0.05) is 18.2 Å². The molecule has 6 nitrogen and oxygen atoms in total. The second kappa shape index (κ2) is 7.12. The van der Waals surface area contributed by atoms with Crippen LogP contribution in [-0.2, 0) is 11.8 Å². The zero-order valence-electron chi connectivity index (χ0n) is 15.6. The zero-order chi connectivity index (χ0) is 21.5. The Kier molecular flexibility index (Phi) is 4.71. The highest BCUT2D eigenvalue weighted by molar-refractivity contribution is 5.95. The van der Waals surface area contributed by atoms with E-state index in [2.05, 4.69) is 10.1 Å². The number of halogens is 4. The van der Waals surface area contributed by atoms with Crippen molar-refractivity contribution < 1.29 is 22.4 Å². The smallest absolute Gasteiger partial charge is 0.368 e. The first-order valence-electron chi connectivity index (χ1n) is 9.09. The molecule has 1 unspecified atom stereocenters. The summed E-state index contributed by atoms with van der Waals surface area (Å²) in [6, 6.07) is 10.6. The maximum Gasteiger partial charge on any atom is 0.416 e. The van der Waals surface area contributed by atoms with E-state index in [1.54, 1.807) is 24.3 Å². The van der Waals surface area contributed by atoms with Crippen LogP contribution in [0, 0.1) is 0 Å². The third kappa shape index (κ3) is 3.60. The Balaban J connectivity index is 1.56. The molecule has 10 heteroatoms. The SMILES string of the molecule is Nc1ncnn1-c1cccc(C(=O)N2CCC(F)(c3cccc(C(F)(F)F)c3)C2)c1. The number of likely N-dealkylation sites (tertiary alicyclic amines) is 1. The molecule has 0 aliphatic carbocycles. The molecule has 30 heavy (non-hydrogen) atoms. The van der Waals surface area contributed by atoms with Crippen molar-refractivity contribution in [3.05, 3.63) is 71.5 Å². The van der Waals surface area contributed by atoms with Crippen LogP contribution in [0.25, 0.3) is 5.69 Å². The van der Waals surface area contributed by atoms with Crippen molar-refractivity contribution in [1.82, 2.24) is 19.7 Å². The van der Waals surface area contributed by atoms with Crippen molar-refractivity contribution in [2.75, 3.05) is 18.8 Å². The minimum absolute atomic E-state index is 0.0846. The van der Waals surface area contributed by atoms with Crippen LogP contribution in [0.3, 0.4) is 0 Å². The highest BCUT2D eigenvalue weighted by Crippen LogP contribution is 2.39. The summed E-state index contributed by atoms with van der Waals surface area (Å²) in [5, 5.41) is 3.98. The van der Waals surface area contributed by atoms with Gasteiger partial charge < -0.3 is 10.6 Å². The van der Waals surface area contributed by atoms with Crippen molar-refractivity contribution in [2.45, 2.75) is 18.3 Å². The molecule has 0 bridgehead atoms. The number of nitrogens with two attached hydrogens (primary N) is 1. The van der Waals surface area contributed by atoms with Crippen LogP contribution in [-0.4, -0.2) is 38.7 Å². The number of amides is 1. The van der Waals surface area contributed by atoms with Crippen LogP contribution >= 0.6 is 0 Å². The van der Waals surface area contributed by atoms with Gasteiger partial charge in [0.2, 0.25) is 5.95 Å². The fourth-order valence-electron chi connectivity index (χ4n) is 3.56. The van der Waals surface area contributed by atoms with E-state index in [0.29, 0.717) is 5.69 Å². The molecule has 156 valence electrons. The average Bonchev–Trinajstić information content (AvgIpc) is 3.34. The summed E-state index contributed by atoms with van der Waals surface area (Å²) in [6.45, 7) is -0.246. The molecule has 1 amide bonds. The van der Waals surface area contributed by atoms with Crippen LogP contribution in [0.4, 0.5) is 23.5 Å². The van der Waals surface area contributed by atoms with E-state index in [-0.39, 0.29) is 36.6 Å². The number of alkyl halides is 4. The van der Waals surface area contributed by atoms with Crippen molar-refractivity contribution in [3.8, 4) is 5.69 Å². The summed E-state index contributed by atoms with van der Waals surface area (Å²) in [6.07, 6.45) is -3.38. The Bertz CT molecular complexity index is 1100. The number of anilines is 1. The second-order valence-electron chi connectivity index (χ2n) is 7.10. The number of rotatable bonds is 3. The lowest BCUT2D eigenvalue weighted by atomic mass is 9.93. The second-order valence-corrected chi connectivity index (χ2v) is 7.10. The van der Waals surface area contributed by atoms with Gasteiger partial charge >= 0.3 is 6.18 Å². The van der Waals surface area contributed by atoms with Crippen molar-refractivity contribution in [1.29, 1.82) is 0 Å². The molecule has 1 fully saturated rings. The molecule has 0 spiro atoms. The average molecular weight is 419 g/mol. The summed E-state index contributed by atoms with van der Waals surface area (Å²) in [4.78, 5) is 18.0. The fourth-order valence-corrected chi connectivity index (χ4v) is 3.56. The Labute approximate surface area is 168 Å². The largest absolute Gasteiger partial charge is 0.416 e. The molecule has 1 aliphatic rings. The molecule has 1 saturated heterocycles. The van der Waals surface area contributed by atoms with Crippen LogP contribution in [0.1, 0.15) is 27.9 Å². The van der Waals surface area contributed by atoms with E-state index in [1.807, 2.05) is 0 Å². The standard InChI is InChI=1S/C20H17F4N5O/c21-19(14-4-2-5-15(10-14)20(22,23)24)7-8-28(11-19)17(30)13-3-1-6-16(9-13)29-18(25)26-12-27-29/h1-6,9-10,12H,7-8,11H2,(H2,25,26,27). The monoisotopic (exact) mass is 419 g/mol. The lowest BCUT2D eigenvalue weighted by Gasteiger charge is -2.22. The number of hydrogen-bond donors (Lipinski definition) is 1. The van der Waals surface area contributed by atoms with Gasteiger partial charge in [0.1, 0.15) is 6.33 Å².